The van der Waals surface area contributed by atoms with Gasteiger partial charge in [-0.05, 0) is 31.5 Å². The van der Waals surface area contributed by atoms with Gasteiger partial charge in [-0.1, -0.05) is 12.1 Å². The molecule has 0 saturated heterocycles. The summed E-state index contributed by atoms with van der Waals surface area (Å²) in [5, 5.41) is 11.3. The molecule has 0 spiro atoms. The standard InChI is InChI=1S/C13H17FN2O3/c1-9(2)16(8-12(17)18)13(19)15-7-10-4-3-5-11(14)6-10/h3-6,9H,7-8H2,1-2H3,(H,15,19)(H,17,18). The van der Waals surface area contributed by atoms with Crippen molar-refractivity contribution in [1.29, 1.82) is 0 Å². The fraction of sp³-hybridized carbons (Fsp3) is 0.385. The van der Waals surface area contributed by atoms with Gasteiger partial charge in [-0.25, -0.2) is 9.18 Å². The number of carbonyl (C=O) groups is 2. The molecule has 6 heteroatoms. The summed E-state index contributed by atoms with van der Waals surface area (Å²) in [6.45, 7) is 3.24. The highest BCUT2D eigenvalue weighted by Crippen LogP contribution is 2.04. The molecule has 1 rings (SSSR count). The van der Waals surface area contributed by atoms with Crippen LogP contribution >= 0.6 is 0 Å². The lowest BCUT2D eigenvalue weighted by molar-refractivity contribution is -0.138. The molecule has 0 atom stereocenters. The Morgan fingerprint density at radius 2 is 2.11 bits per heavy atom. The van der Waals surface area contributed by atoms with Crippen LogP contribution < -0.4 is 5.32 Å². The first-order chi connectivity index (χ1) is 8.90. The molecule has 0 unspecified atom stereocenters. The number of nitrogens with one attached hydrogen (secondary N) is 1. The lowest BCUT2D eigenvalue weighted by Crippen LogP contribution is -2.46. The maximum absolute atomic E-state index is 12.9. The van der Waals surface area contributed by atoms with Crippen molar-refractivity contribution in [2.45, 2.75) is 26.4 Å². The van der Waals surface area contributed by atoms with Crippen LogP contribution in [0, 0.1) is 5.82 Å². The number of hydrogen-bond acceptors (Lipinski definition) is 2. The van der Waals surface area contributed by atoms with E-state index in [0.717, 1.165) is 0 Å². The van der Waals surface area contributed by atoms with Crippen LogP contribution in [-0.4, -0.2) is 34.6 Å². The molecule has 0 aliphatic heterocycles. The van der Waals surface area contributed by atoms with E-state index in [1.54, 1.807) is 26.0 Å². The second kappa shape index (κ2) is 6.72. The van der Waals surface area contributed by atoms with Crippen molar-refractivity contribution in [1.82, 2.24) is 10.2 Å². The lowest BCUT2D eigenvalue weighted by atomic mass is 10.2. The number of urea groups is 1. The van der Waals surface area contributed by atoms with Crippen LogP contribution in [0.5, 0.6) is 0 Å². The van der Waals surface area contributed by atoms with Crippen molar-refractivity contribution in [3.63, 3.8) is 0 Å². The Morgan fingerprint density at radius 1 is 1.42 bits per heavy atom. The fourth-order valence-electron chi connectivity index (χ4n) is 1.56. The summed E-state index contributed by atoms with van der Waals surface area (Å²) in [7, 11) is 0. The van der Waals surface area contributed by atoms with Gasteiger partial charge in [0.2, 0.25) is 0 Å². The number of amides is 2. The van der Waals surface area contributed by atoms with E-state index in [0.29, 0.717) is 5.56 Å². The zero-order valence-corrected chi connectivity index (χ0v) is 10.9. The molecule has 0 fully saturated rings. The first kappa shape index (κ1) is 14.9. The predicted molar refractivity (Wildman–Crippen MR) is 68.1 cm³/mol. The highest BCUT2D eigenvalue weighted by atomic mass is 19.1. The van der Waals surface area contributed by atoms with Crippen LogP contribution in [0.25, 0.3) is 0 Å². The van der Waals surface area contributed by atoms with Crippen LogP contribution in [0.15, 0.2) is 24.3 Å². The van der Waals surface area contributed by atoms with E-state index in [4.69, 9.17) is 5.11 Å². The summed E-state index contributed by atoms with van der Waals surface area (Å²) in [4.78, 5) is 23.7. The molecule has 0 bridgehead atoms. The minimum Gasteiger partial charge on any atom is -0.480 e. The zero-order chi connectivity index (χ0) is 14.4. The maximum Gasteiger partial charge on any atom is 0.323 e. The van der Waals surface area contributed by atoms with Crippen LogP contribution in [0.1, 0.15) is 19.4 Å². The number of nitrogens with zero attached hydrogens (tertiary/aromatic N) is 1. The number of benzene rings is 1. The van der Waals surface area contributed by atoms with E-state index in [-0.39, 0.29) is 24.9 Å². The van der Waals surface area contributed by atoms with E-state index in [9.17, 15) is 14.0 Å². The van der Waals surface area contributed by atoms with E-state index in [2.05, 4.69) is 5.32 Å². The molecule has 0 aliphatic carbocycles. The van der Waals surface area contributed by atoms with Crippen LogP contribution in [0.2, 0.25) is 0 Å². The molecule has 19 heavy (non-hydrogen) atoms. The predicted octanol–water partition coefficient (Wildman–Crippen LogP) is 1.83. The number of carboxylic acid groups (broad SMARTS) is 1. The van der Waals surface area contributed by atoms with Crippen molar-refractivity contribution in [3.8, 4) is 0 Å². The largest absolute Gasteiger partial charge is 0.480 e. The number of hydrogen-bond donors (Lipinski definition) is 2. The summed E-state index contributed by atoms with van der Waals surface area (Å²) in [5.74, 6) is -1.45. The maximum atomic E-state index is 12.9. The van der Waals surface area contributed by atoms with Gasteiger partial charge >= 0.3 is 12.0 Å². The number of carboxylic acids is 1. The Labute approximate surface area is 111 Å². The highest BCUT2D eigenvalue weighted by molar-refractivity contribution is 5.80. The Hall–Kier alpha value is -2.11. The van der Waals surface area contributed by atoms with E-state index in [1.807, 2.05) is 0 Å². The zero-order valence-electron chi connectivity index (χ0n) is 10.9. The van der Waals surface area contributed by atoms with Crippen LogP contribution in [-0.2, 0) is 11.3 Å². The van der Waals surface area contributed by atoms with Gasteiger partial charge in [-0.2, -0.15) is 0 Å². The second-order valence-electron chi connectivity index (χ2n) is 4.40. The first-order valence-corrected chi connectivity index (χ1v) is 5.91. The first-order valence-electron chi connectivity index (χ1n) is 5.91. The molecule has 2 amide bonds. The number of aliphatic carboxylic acids is 1. The van der Waals surface area contributed by atoms with Gasteiger partial charge in [0.1, 0.15) is 12.4 Å². The highest BCUT2D eigenvalue weighted by Gasteiger charge is 2.19. The molecule has 0 aromatic heterocycles. The summed E-state index contributed by atoms with van der Waals surface area (Å²) < 4.78 is 12.9. The topological polar surface area (TPSA) is 69.6 Å². The van der Waals surface area contributed by atoms with E-state index in [1.165, 1.54) is 17.0 Å². The summed E-state index contributed by atoms with van der Waals surface area (Å²) in [6, 6.07) is 5.15. The van der Waals surface area contributed by atoms with Gasteiger partial charge in [-0.3, -0.25) is 4.79 Å². The third-order valence-corrected chi connectivity index (χ3v) is 2.52. The van der Waals surface area contributed by atoms with E-state index >= 15 is 0 Å². The molecule has 0 heterocycles. The van der Waals surface area contributed by atoms with Gasteiger partial charge in [0.25, 0.3) is 0 Å². The molecule has 0 aliphatic rings. The lowest BCUT2D eigenvalue weighted by Gasteiger charge is -2.25. The molecule has 5 nitrogen and oxygen atoms in total. The molecule has 1 aromatic rings. The van der Waals surface area contributed by atoms with Crippen molar-refractivity contribution in [2.75, 3.05) is 6.54 Å². The van der Waals surface area contributed by atoms with Crippen molar-refractivity contribution < 1.29 is 19.1 Å². The third kappa shape index (κ3) is 4.95. The van der Waals surface area contributed by atoms with E-state index < -0.39 is 12.0 Å². The van der Waals surface area contributed by atoms with Gasteiger partial charge in [-0.15, -0.1) is 0 Å². The second-order valence-corrected chi connectivity index (χ2v) is 4.40. The smallest absolute Gasteiger partial charge is 0.323 e. The Morgan fingerprint density at radius 3 is 2.63 bits per heavy atom. The molecule has 2 N–H and O–H groups in total. The molecular weight excluding hydrogens is 251 g/mol. The molecule has 1 aromatic carbocycles. The van der Waals surface area contributed by atoms with Crippen LogP contribution in [0.3, 0.4) is 0 Å². The van der Waals surface area contributed by atoms with Crippen molar-refractivity contribution in [2.24, 2.45) is 0 Å². The monoisotopic (exact) mass is 268 g/mol. The molecular formula is C13H17FN2O3. The molecule has 0 radical (unpaired) electrons. The summed E-state index contributed by atoms with van der Waals surface area (Å²) in [6.07, 6.45) is 0. The van der Waals surface area contributed by atoms with Crippen LogP contribution in [0.4, 0.5) is 9.18 Å². The van der Waals surface area contributed by atoms with Gasteiger partial charge in [0.15, 0.2) is 0 Å². The minimum absolute atomic E-state index is 0.152. The number of halogens is 1. The SMILES string of the molecule is CC(C)N(CC(=O)O)C(=O)NCc1cccc(F)c1. The summed E-state index contributed by atoms with van der Waals surface area (Å²) in [5.41, 5.74) is 0.618. The van der Waals surface area contributed by atoms with Gasteiger partial charge < -0.3 is 15.3 Å². The third-order valence-electron chi connectivity index (χ3n) is 2.52. The average molecular weight is 268 g/mol. The summed E-state index contributed by atoms with van der Waals surface area (Å²) >= 11 is 0. The minimum atomic E-state index is -1.07. The normalized spacial score (nSPS) is 10.3. The van der Waals surface area contributed by atoms with Gasteiger partial charge in [0.05, 0.1) is 0 Å². The average Bonchev–Trinajstić information content (AvgIpc) is 2.32. The van der Waals surface area contributed by atoms with Crippen molar-refractivity contribution >= 4 is 12.0 Å². The quantitative estimate of drug-likeness (QED) is 0.856. The van der Waals surface area contributed by atoms with Gasteiger partial charge in [0, 0.05) is 12.6 Å². The number of carbonyl (C=O) groups excluding carboxylic acids is 1. The number of rotatable bonds is 5. The Bertz CT molecular complexity index is 463. The Kier molecular flexibility index (Phi) is 5.29. The molecule has 0 saturated carbocycles. The molecule has 104 valence electrons. The van der Waals surface area contributed by atoms with Crippen molar-refractivity contribution in [3.05, 3.63) is 35.6 Å². The Balaban J connectivity index is 2.59. The fourth-order valence-corrected chi connectivity index (χ4v) is 1.56.